The van der Waals surface area contributed by atoms with E-state index in [0.29, 0.717) is 0 Å². The van der Waals surface area contributed by atoms with Gasteiger partial charge >= 0.3 is 0 Å². The van der Waals surface area contributed by atoms with Crippen molar-refractivity contribution in [2.75, 3.05) is 0 Å². The molecule has 1 fully saturated rings. The highest BCUT2D eigenvalue weighted by Gasteiger charge is 2.47. The van der Waals surface area contributed by atoms with E-state index in [1.54, 1.807) is 11.3 Å². The van der Waals surface area contributed by atoms with Crippen molar-refractivity contribution < 1.29 is 0 Å². The third-order valence-electron chi connectivity index (χ3n) is 1.99. The normalized spacial score (nSPS) is 19.3. The van der Waals surface area contributed by atoms with Gasteiger partial charge in [-0.15, -0.1) is 11.3 Å². The van der Waals surface area contributed by atoms with Crippen LogP contribution in [0.2, 0.25) is 0 Å². The molecule has 2 rings (SSSR count). The molecule has 1 aromatic rings. The monoisotopic (exact) mass is 164 g/mol. The van der Waals surface area contributed by atoms with Crippen molar-refractivity contribution in [3.8, 4) is 6.07 Å². The zero-order valence-corrected chi connectivity index (χ0v) is 7.11. The Morgan fingerprint density at radius 3 is 2.82 bits per heavy atom. The van der Waals surface area contributed by atoms with Crippen molar-refractivity contribution in [2.24, 2.45) is 0 Å². The molecule has 0 aromatic carbocycles. The van der Waals surface area contributed by atoms with E-state index in [1.807, 2.05) is 12.3 Å². The van der Waals surface area contributed by atoms with Crippen LogP contribution < -0.4 is 0 Å². The second-order valence-corrected chi connectivity index (χ2v) is 3.85. The summed E-state index contributed by atoms with van der Waals surface area (Å²) in [5, 5.41) is 11.9. The Bertz CT molecular complexity index is 317. The lowest BCUT2D eigenvalue weighted by atomic mass is 10.1. The molecule has 0 N–H and O–H groups in total. The van der Waals surface area contributed by atoms with Gasteiger partial charge in [-0.1, -0.05) is 0 Å². The minimum atomic E-state index is -0.182. The Labute approximate surface area is 69.5 Å². The van der Waals surface area contributed by atoms with Crippen LogP contribution >= 0.6 is 11.3 Å². The fourth-order valence-electron chi connectivity index (χ4n) is 1.07. The van der Waals surface area contributed by atoms with E-state index in [1.165, 1.54) is 0 Å². The first-order valence-corrected chi connectivity index (χ1v) is 4.49. The number of aromatic nitrogens is 1. The Morgan fingerprint density at radius 2 is 2.45 bits per heavy atom. The van der Waals surface area contributed by atoms with Gasteiger partial charge in [0.2, 0.25) is 0 Å². The molecule has 1 aliphatic carbocycles. The van der Waals surface area contributed by atoms with Crippen molar-refractivity contribution >= 4 is 11.3 Å². The molecule has 0 radical (unpaired) electrons. The van der Waals surface area contributed by atoms with Gasteiger partial charge in [0, 0.05) is 11.1 Å². The maximum atomic E-state index is 8.84. The van der Waals surface area contributed by atoms with Gasteiger partial charge in [-0.25, -0.2) is 4.98 Å². The topological polar surface area (TPSA) is 36.7 Å². The molecule has 11 heavy (non-hydrogen) atoms. The summed E-state index contributed by atoms with van der Waals surface area (Å²) in [4.78, 5) is 4.31. The number of aryl methyl sites for hydroxylation is 1. The van der Waals surface area contributed by atoms with Gasteiger partial charge in [0.1, 0.15) is 10.4 Å². The predicted molar refractivity (Wildman–Crippen MR) is 43.4 cm³/mol. The highest BCUT2D eigenvalue weighted by Crippen LogP contribution is 2.48. The Morgan fingerprint density at radius 1 is 1.73 bits per heavy atom. The van der Waals surface area contributed by atoms with E-state index in [2.05, 4.69) is 11.1 Å². The number of hydrogen-bond acceptors (Lipinski definition) is 3. The highest BCUT2D eigenvalue weighted by atomic mass is 32.1. The first-order valence-electron chi connectivity index (χ1n) is 3.61. The fourth-order valence-corrected chi connectivity index (χ4v) is 2.08. The smallest absolute Gasteiger partial charge is 0.113 e. The molecular weight excluding hydrogens is 156 g/mol. The van der Waals surface area contributed by atoms with Crippen molar-refractivity contribution in [1.29, 1.82) is 5.26 Å². The molecule has 0 spiro atoms. The fraction of sp³-hybridized carbons (Fsp3) is 0.500. The predicted octanol–water partition coefficient (Wildman–Crippen LogP) is 2.01. The van der Waals surface area contributed by atoms with Crippen molar-refractivity contribution in [1.82, 2.24) is 4.98 Å². The van der Waals surface area contributed by atoms with Gasteiger partial charge in [-0.05, 0) is 19.8 Å². The van der Waals surface area contributed by atoms with Crippen molar-refractivity contribution in [2.45, 2.75) is 25.2 Å². The van der Waals surface area contributed by atoms with Gasteiger partial charge in [0.15, 0.2) is 0 Å². The van der Waals surface area contributed by atoms with Crippen LogP contribution in [0, 0.1) is 18.3 Å². The minimum Gasteiger partial charge on any atom is -0.245 e. The van der Waals surface area contributed by atoms with E-state index >= 15 is 0 Å². The average molecular weight is 164 g/mol. The lowest BCUT2D eigenvalue weighted by Gasteiger charge is -1.96. The summed E-state index contributed by atoms with van der Waals surface area (Å²) < 4.78 is 0. The number of nitrogens with zero attached hydrogens (tertiary/aromatic N) is 2. The quantitative estimate of drug-likeness (QED) is 0.636. The largest absolute Gasteiger partial charge is 0.245 e. The second-order valence-electron chi connectivity index (χ2n) is 2.99. The average Bonchev–Trinajstić information content (AvgIpc) is 2.70. The number of thiazole rings is 1. The Kier molecular flexibility index (Phi) is 1.27. The molecule has 0 amide bonds. The zero-order chi connectivity index (χ0) is 7.90. The first kappa shape index (κ1) is 6.81. The zero-order valence-electron chi connectivity index (χ0n) is 6.29. The van der Waals surface area contributed by atoms with Crippen molar-refractivity contribution in [3.05, 3.63) is 16.1 Å². The Hall–Kier alpha value is -0.880. The standard InChI is InChI=1S/C8H8N2S/c1-6-4-11-7(10-6)8(5-9)2-3-8/h4H,2-3H2,1H3. The first-order chi connectivity index (χ1) is 5.27. The van der Waals surface area contributed by atoms with Gasteiger partial charge in [0.05, 0.1) is 6.07 Å². The van der Waals surface area contributed by atoms with Crippen LogP contribution in [0.15, 0.2) is 5.38 Å². The molecular formula is C8H8N2S. The van der Waals surface area contributed by atoms with Crippen LogP contribution in [-0.4, -0.2) is 4.98 Å². The van der Waals surface area contributed by atoms with Crippen molar-refractivity contribution in [3.63, 3.8) is 0 Å². The maximum Gasteiger partial charge on any atom is 0.113 e. The Balaban J connectivity index is 2.38. The summed E-state index contributed by atoms with van der Waals surface area (Å²) in [6.07, 6.45) is 1.99. The molecule has 1 heterocycles. The SMILES string of the molecule is Cc1csc(C2(C#N)CC2)n1. The third-order valence-corrected chi connectivity index (χ3v) is 3.16. The molecule has 2 nitrogen and oxygen atoms in total. The lowest BCUT2D eigenvalue weighted by Crippen LogP contribution is -2.00. The van der Waals surface area contributed by atoms with Crippen LogP contribution in [0.1, 0.15) is 23.5 Å². The van der Waals surface area contributed by atoms with E-state index in [-0.39, 0.29) is 5.41 Å². The minimum absolute atomic E-state index is 0.182. The van der Waals surface area contributed by atoms with E-state index in [9.17, 15) is 0 Å². The third kappa shape index (κ3) is 0.945. The molecule has 1 aromatic heterocycles. The molecule has 0 saturated heterocycles. The van der Waals surface area contributed by atoms with E-state index in [0.717, 1.165) is 23.5 Å². The molecule has 0 unspecified atom stereocenters. The van der Waals surface area contributed by atoms with Crippen LogP contribution in [0.5, 0.6) is 0 Å². The number of nitriles is 1. The number of rotatable bonds is 1. The summed E-state index contributed by atoms with van der Waals surface area (Å²) in [6.45, 7) is 1.97. The summed E-state index contributed by atoms with van der Waals surface area (Å²) in [7, 11) is 0. The van der Waals surface area contributed by atoms with E-state index in [4.69, 9.17) is 5.26 Å². The lowest BCUT2D eigenvalue weighted by molar-refractivity contribution is 0.883. The molecule has 1 saturated carbocycles. The molecule has 56 valence electrons. The van der Waals surface area contributed by atoms with Gasteiger partial charge in [-0.3, -0.25) is 0 Å². The summed E-state index contributed by atoms with van der Waals surface area (Å²) in [5.41, 5.74) is 0.852. The summed E-state index contributed by atoms with van der Waals surface area (Å²) in [6, 6.07) is 2.33. The summed E-state index contributed by atoms with van der Waals surface area (Å²) in [5.74, 6) is 0. The van der Waals surface area contributed by atoms with Crippen LogP contribution in [0.4, 0.5) is 0 Å². The molecule has 1 aliphatic rings. The number of hydrogen-bond donors (Lipinski definition) is 0. The molecule has 0 atom stereocenters. The molecule has 3 heteroatoms. The molecule has 0 bridgehead atoms. The van der Waals surface area contributed by atoms with Gasteiger partial charge in [-0.2, -0.15) is 5.26 Å². The summed E-state index contributed by atoms with van der Waals surface area (Å²) >= 11 is 1.61. The van der Waals surface area contributed by atoms with Crippen LogP contribution in [0.25, 0.3) is 0 Å². The van der Waals surface area contributed by atoms with Crippen LogP contribution in [0.3, 0.4) is 0 Å². The molecule has 0 aliphatic heterocycles. The highest BCUT2D eigenvalue weighted by molar-refractivity contribution is 7.09. The van der Waals surface area contributed by atoms with Crippen LogP contribution in [-0.2, 0) is 5.41 Å². The maximum absolute atomic E-state index is 8.84. The van der Waals surface area contributed by atoms with E-state index < -0.39 is 0 Å². The van der Waals surface area contributed by atoms with Gasteiger partial charge in [0.25, 0.3) is 0 Å². The van der Waals surface area contributed by atoms with Gasteiger partial charge < -0.3 is 0 Å². The second kappa shape index (κ2) is 2.05.